The predicted molar refractivity (Wildman–Crippen MR) is 68.5 cm³/mol. The summed E-state index contributed by atoms with van der Waals surface area (Å²) in [6.45, 7) is 0.670. The average molecular weight is 245 g/mol. The van der Waals surface area contributed by atoms with Crippen molar-refractivity contribution in [3.05, 3.63) is 36.7 Å². The van der Waals surface area contributed by atoms with Gasteiger partial charge in [0.15, 0.2) is 0 Å². The maximum Gasteiger partial charge on any atom is 0.225 e. The van der Waals surface area contributed by atoms with E-state index >= 15 is 0 Å². The Labute approximate surface area is 105 Å². The van der Waals surface area contributed by atoms with Gasteiger partial charge < -0.3 is 10.6 Å². The lowest BCUT2D eigenvalue weighted by atomic mass is 10.2. The monoisotopic (exact) mass is 245 g/mol. The van der Waals surface area contributed by atoms with E-state index < -0.39 is 0 Å². The molecule has 1 aromatic carbocycles. The molecule has 0 radical (unpaired) electrons. The predicted octanol–water partition coefficient (Wildman–Crippen LogP) is 0.815. The molecule has 1 heterocycles. The third-order valence-corrected chi connectivity index (χ3v) is 2.44. The normalized spacial score (nSPS) is 10.3. The number of aromatic nitrogens is 3. The smallest absolute Gasteiger partial charge is 0.225 e. The first-order chi connectivity index (χ1) is 8.79. The van der Waals surface area contributed by atoms with E-state index in [2.05, 4.69) is 20.9 Å². The molecule has 2 aromatic rings. The number of anilines is 1. The first-order valence-corrected chi connectivity index (χ1v) is 5.71. The van der Waals surface area contributed by atoms with Gasteiger partial charge in [-0.3, -0.25) is 4.79 Å². The van der Waals surface area contributed by atoms with Gasteiger partial charge in [-0.15, -0.1) is 5.10 Å². The second-order valence-electron chi connectivity index (χ2n) is 3.80. The Bertz CT molecular complexity index is 492. The lowest BCUT2D eigenvalue weighted by Crippen LogP contribution is -2.18. The molecule has 6 nitrogen and oxygen atoms in total. The summed E-state index contributed by atoms with van der Waals surface area (Å²) in [5.74, 6) is -0.00199. The quantitative estimate of drug-likeness (QED) is 0.818. The minimum absolute atomic E-state index is 0.00199. The van der Waals surface area contributed by atoms with Crippen molar-refractivity contribution in [2.24, 2.45) is 0 Å². The number of rotatable bonds is 5. The van der Waals surface area contributed by atoms with Crippen LogP contribution in [0.4, 0.5) is 5.69 Å². The standard InChI is InChI=1S/C12H15N5O/c1-13-7-6-12(18)15-10-2-4-11(5-3-10)17-9-8-14-16-17/h2-5,8-9,13H,6-7H2,1H3,(H,15,18). The number of nitrogens with one attached hydrogen (secondary N) is 2. The molecule has 18 heavy (non-hydrogen) atoms. The highest BCUT2D eigenvalue weighted by atomic mass is 16.1. The molecule has 0 aliphatic heterocycles. The number of hydrogen-bond donors (Lipinski definition) is 2. The highest BCUT2D eigenvalue weighted by Crippen LogP contribution is 2.12. The molecule has 0 unspecified atom stereocenters. The van der Waals surface area contributed by atoms with Crippen LogP contribution in [0.3, 0.4) is 0 Å². The number of nitrogens with zero attached hydrogens (tertiary/aromatic N) is 3. The van der Waals surface area contributed by atoms with Gasteiger partial charge in [0.1, 0.15) is 0 Å². The Morgan fingerprint density at radius 1 is 1.33 bits per heavy atom. The summed E-state index contributed by atoms with van der Waals surface area (Å²) >= 11 is 0. The van der Waals surface area contributed by atoms with E-state index in [9.17, 15) is 4.79 Å². The van der Waals surface area contributed by atoms with Crippen LogP contribution in [-0.4, -0.2) is 34.5 Å². The molecule has 2 N–H and O–H groups in total. The van der Waals surface area contributed by atoms with Crippen LogP contribution in [0.25, 0.3) is 5.69 Å². The van der Waals surface area contributed by atoms with Crippen molar-refractivity contribution in [2.75, 3.05) is 18.9 Å². The summed E-state index contributed by atoms with van der Waals surface area (Å²) in [4.78, 5) is 11.5. The molecule has 0 atom stereocenters. The summed E-state index contributed by atoms with van der Waals surface area (Å²) in [6.07, 6.45) is 3.84. The van der Waals surface area contributed by atoms with Crippen molar-refractivity contribution < 1.29 is 4.79 Å². The highest BCUT2D eigenvalue weighted by molar-refractivity contribution is 5.90. The van der Waals surface area contributed by atoms with Crippen LogP contribution in [0, 0.1) is 0 Å². The van der Waals surface area contributed by atoms with Gasteiger partial charge in [-0.2, -0.15) is 0 Å². The van der Waals surface area contributed by atoms with E-state index in [0.29, 0.717) is 13.0 Å². The molecule has 0 spiro atoms. The Balaban J connectivity index is 1.98. The van der Waals surface area contributed by atoms with Crippen LogP contribution in [0.15, 0.2) is 36.7 Å². The minimum atomic E-state index is -0.00199. The zero-order valence-electron chi connectivity index (χ0n) is 10.1. The molecular formula is C12H15N5O. The topological polar surface area (TPSA) is 71.8 Å². The van der Waals surface area contributed by atoms with Gasteiger partial charge in [0.05, 0.1) is 18.1 Å². The van der Waals surface area contributed by atoms with Gasteiger partial charge in [0, 0.05) is 18.7 Å². The Hall–Kier alpha value is -2.21. The molecule has 1 amide bonds. The largest absolute Gasteiger partial charge is 0.326 e. The zero-order chi connectivity index (χ0) is 12.8. The van der Waals surface area contributed by atoms with E-state index in [1.54, 1.807) is 17.1 Å². The molecule has 94 valence electrons. The molecule has 0 bridgehead atoms. The van der Waals surface area contributed by atoms with E-state index in [1.165, 1.54) is 0 Å². The fraction of sp³-hybridized carbons (Fsp3) is 0.250. The third kappa shape index (κ3) is 3.14. The maximum absolute atomic E-state index is 11.5. The number of carbonyl (C=O) groups excluding carboxylic acids is 1. The van der Waals surface area contributed by atoms with E-state index in [-0.39, 0.29) is 5.91 Å². The molecule has 2 rings (SSSR count). The summed E-state index contributed by atoms with van der Waals surface area (Å²) in [5.41, 5.74) is 1.68. The van der Waals surface area contributed by atoms with Gasteiger partial charge in [0.25, 0.3) is 0 Å². The number of carbonyl (C=O) groups is 1. The van der Waals surface area contributed by atoms with E-state index in [4.69, 9.17) is 0 Å². The molecular weight excluding hydrogens is 230 g/mol. The maximum atomic E-state index is 11.5. The lowest BCUT2D eigenvalue weighted by Gasteiger charge is -2.06. The summed E-state index contributed by atoms with van der Waals surface area (Å²) in [6, 6.07) is 7.44. The van der Waals surface area contributed by atoms with Crippen molar-refractivity contribution in [1.29, 1.82) is 0 Å². The van der Waals surface area contributed by atoms with Crippen LogP contribution >= 0.6 is 0 Å². The van der Waals surface area contributed by atoms with Crippen LogP contribution < -0.4 is 10.6 Å². The third-order valence-electron chi connectivity index (χ3n) is 2.44. The minimum Gasteiger partial charge on any atom is -0.326 e. The van der Waals surface area contributed by atoms with Gasteiger partial charge in [-0.1, -0.05) is 5.21 Å². The van der Waals surface area contributed by atoms with Crippen LogP contribution in [-0.2, 0) is 4.79 Å². The molecule has 1 aromatic heterocycles. The molecule has 0 saturated carbocycles. The van der Waals surface area contributed by atoms with Crippen LogP contribution in [0.5, 0.6) is 0 Å². The Morgan fingerprint density at radius 2 is 2.11 bits per heavy atom. The second-order valence-corrected chi connectivity index (χ2v) is 3.80. The van der Waals surface area contributed by atoms with Crippen molar-refractivity contribution in [2.45, 2.75) is 6.42 Å². The lowest BCUT2D eigenvalue weighted by molar-refractivity contribution is -0.116. The summed E-state index contributed by atoms with van der Waals surface area (Å²) in [5, 5.41) is 13.4. The van der Waals surface area contributed by atoms with Gasteiger partial charge in [-0.05, 0) is 31.3 Å². The summed E-state index contributed by atoms with van der Waals surface area (Å²) in [7, 11) is 1.82. The molecule has 0 saturated heterocycles. The van der Waals surface area contributed by atoms with Crippen molar-refractivity contribution in [1.82, 2.24) is 20.3 Å². The Morgan fingerprint density at radius 3 is 2.72 bits per heavy atom. The number of amides is 1. The second kappa shape index (κ2) is 5.92. The van der Waals surface area contributed by atoms with Crippen molar-refractivity contribution in [3.8, 4) is 5.69 Å². The average Bonchev–Trinajstić information content (AvgIpc) is 2.91. The van der Waals surface area contributed by atoms with Crippen molar-refractivity contribution in [3.63, 3.8) is 0 Å². The van der Waals surface area contributed by atoms with Gasteiger partial charge in [0.2, 0.25) is 5.91 Å². The fourth-order valence-corrected chi connectivity index (χ4v) is 1.51. The zero-order valence-corrected chi connectivity index (χ0v) is 10.1. The SMILES string of the molecule is CNCCC(=O)Nc1ccc(-n2ccnn2)cc1. The fourth-order valence-electron chi connectivity index (χ4n) is 1.51. The highest BCUT2D eigenvalue weighted by Gasteiger charge is 2.02. The van der Waals surface area contributed by atoms with E-state index in [1.807, 2.05) is 31.3 Å². The van der Waals surface area contributed by atoms with Gasteiger partial charge >= 0.3 is 0 Å². The first-order valence-electron chi connectivity index (χ1n) is 5.71. The molecule has 0 aliphatic rings. The molecule has 0 fully saturated rings. The van der Waals surface area contributed by atoms with Crippen molar-refractivity contribution >= 4 is 11.6 Å². The van der Waals surface area contributed by atoms with Crippen LogP contribution in [0.2, 0.25) is 0 Å². The number of hydrogen-bond acceptors (Lipinski definition) is 4. The van der Waals surface area contributed by atoms with Crippen LogP contribution in [0.1, 0.15) is 6.42 Å². The number of benzene rings is 1. The van der Waals surface area contributed by atoms with E-state index in [0.717, 1.165) is 11.4 Å². The molecule has 0 aliphatic carbocycles. The Kier molecular flexibility index (Phi) is 4.03. The first kappa shape index (κ1) is 12.3. The van der Waals surface area contributed by atoms with Gasteiger partial charge in [-0.25, -0.2) is 4.68 Å². The molecule has 6 heteroatoms. The summed E-state index contributed by atoms with van der Waals surface area (Å²) < 4.78 is 1.66.